The molecule has 1 aromatic rings. The van der Waals surface area contributed by atoms with E-state index in [0.717, 1.165) is 23.4 Å². The van der Waals surface area contributed by atoms with Crippen LogP contribution in [-0.4, -0.2) is 11.9 Å². The Kier molecular flexibility index (Phi) is 3.35. The molecule has 1 aliphatic carbocycles. The van der Waals surface area contributed by atoms with Crippen molar-refractivity contribution in [2.75, 3.05) is 0 Å². The number of ether oxygens (including phenoxy) is 2. The second-order valence-corrected chi connectivity index (χ2v) is 5.53. The lowest BCUT2D eigenvalue weighted by molar-refractivity contribution is -0.169. The summed E-state index contributed by atoms with van der Waals surface area (Å²) in [5, 5.41) is 0.750. The van der Waals surface area contributed by atoms with Crippen molar-refractivity contribution >= 4 is 11.6 Å². The van der Waals surface area contributed by atoms with E-state index < -0.39 is 0 Å². The van der Waals surface area contributed by atoms with Gasteiger partial charge in [0, 0.05) is 23.4 Å². The van der Waals surface area contributed by atoms with Crippen molar-refractivity contribution in [3.8, 4) is 0 Å². The summed E-state index contributed by atoms with van der Waals surface area (Å²) in [4.78, 5) is 0. The van der Waals surface area contributed by atoms with Crippen LogP contribution in [0.5, 0.6) is 0 Å². The van der Waals surface area contributed by atoms with Crippen LogP contribution in [0.3, 0.4) is 0 Å². The highest BCUT2D eigenvalue weighted by molar-refractivity contribution is 6.31. The Balaban J connectivity index is 1.89. The zero-order valence-electron chi connectivity index (χ0n) is 10.4. The van der Waals surface area contributed by atoms with Gasteiger partial charge < -0.3 is 9.47 Å². The average Bonchev–Trinajstić information content (AvgIpc) is 2.98. The van der Waals surface area contributed by atoms with Crippen molar-refractivity contribution in [2.45, 2.75) is 50.1 Å². The molecule has 3 heteroatoms. The Morgan fingerprint density at radius 3 is 2.61 bits per heavy atom. The lowest BCUT2D eigenvalue weighted by Crippen LogP contribution is -2.26. The van der Waals surface area contributed by atoms with E-state index in [2.05, 4.69) is 6.92 Å². The maximum atomic E-state index is 6.27. The van der Waals surface area contributed by atoms with Gasteiger partial charge in [0.15, 0.2) is 5.79 Å². The lowest BCUT2D eigenvalue weighted by atomic mass is 10.0. The Morgan fingerprint density at radius 1 is 1.22 bits per heavy atom. The Labute approximate surface area is 113 Å². The van der Waals surface area contributed by atoms with Gasteiger partial charge in [-0.1, -0.05) is 36.7 Å². The molecule has 1 heterocycles. The third-order valence-corrected chi connectivity index (χ3v) is 4.25. The first-order valence-electron chi connectivity index (χ1n) is 6.63. The third kappa shape index (κ3) is 2.07. The smallest absolute Gasteiger partial charge is 0.169 e. The minimum absolute atomic E-state index is 0.0167. The molecule has 2 unspecified atom stereocenters. The van der Waals surface area contributed by atoms with Crippen LogP contribution in [0.4, 0.5) is 0 Å². The van der Waals surface area contributed by atoms with Gasteiger partial charge >= 0.3 is 0 Å². The van der Waals surface area contributed by atoms with Crippen molar-refractivity contribution in [3.05, 3.63) is 41.8 Å². The van der Waals surface area contributed by atoms with E-state index in [1.54, 1.807) is 0 Å². The summed E-state index contributed by atoms with van der Waals surface area (Å²) in [5.74, 6) is -0.369. The second-order valence-electron chi connectivity index (χ2n) is 5.12. The largest absolute Gasteiger partial charge is 0.344 e. The quantitative estimate of drug-likeness (QED) is 0.794. The number of halogens is 1. The molecular weight excluding hydrogens is 248 g/mol. The first-order valence-corrected chi connectivity index (χ1v) is 7.01. The molecule has 1 spiro atoms. The van der Waals surface area contributed by atoms with Crippen LogP contribution >= 0.6 is 11.6 Å². The summed E-state index contributed by atoms with van der Waals surface area (Å²) in [6.45, 7) is 3.98. The molecule has 1 saturated heterocycles. The molecular formula is C15H18ClO2. The van der Waals surface area contributed by atoms with Crippen LogP contribution < -0.4 is 0 Å². The average molecular weight is 266 g/mol. The molecule has 3 rings (SSSR count). The zero-order valence-corrected chi connectivity index (χ0v) is 11.2. The fraction of sp³-hybridized carbons (Fsp3) is 0.533. The first-order chi connectivity index (χ1) is 8.74. The van der Waals surface area contributed by atoms with Crippen molar-refractivity contribution in [1.29, 1.82) is 0 Å². The molecule has 2 nitrogen and oxygen atoms in total. The fourth-order valence-corrected chi connectivity index (χ4v) is 3.25. The third-order valence-electron chi connectivity index (χ3n) is 3.91. The van der Waals surface area contributed by atoms with Gasteiger partial charge in [-0.15, -0.1) is 0 Å². The first kappa shape index (κ1) is 12.5. The highest BCUT2D eigenvalue weighted by atomic mass is 35.5. The highest BCUT2D eigenvalue weighted by Gasteiger charge is 2.49. The Bertz CT molecular complexity index is 426. The SMILES string of the molecule is [CH2]CC1OC2(CCCC2)OC1c1ccccc1Cl. The standard InChI is InChI=1S/C15H18ClO2/c1-2-13-14(11-7-3-4-8-12(11)16)18-15(17-13)9-5-6-10-15/h3-4,7-8,13-14H,1-2,5-6,9-10H2. The molecule has 1 radical (unpaired) electrons. The van der Waals surface area contributed by atoms with Crippen LogP contribution in [0.15, 0.2) is 24.3 Å². The van der Waals surface area contributed by atoms with E-state index in [-0.39, 0.29) is 18.0 Å². The van der Waals surface area contributed by atoms with Gasteiger partial charge in [0.25, 0.3) is 0 Å². The van der Waals surface area contributed by atoms with Gasteiger partial charge in [-0.2, -0.15) is 0 Å². The lowest BCUT2D eigenvalue weighted by Gasteiger charge is -2.22. The van der Waals surface area contributed by atoms with Crippen LogP contribution in [0.1, 0.15) is 43.8 Å². The van der Waals surface area contributed by atoms with Gasteiger partial charge in [0.1, 0.15) is 6.10 Å². The number of hydrogen-bond donors (Lipinski definition) is 0. The zero-order chi connectivity index (χ0) is 12.6. The molecule has 1 aliphatic heterocycles. The monoisotopic (exact) mass is 265 g/mol. The van der Waals surface area contributed by atoms with E-state index in [1.165, 1.54) is 12.8 Å². The molecule has 2 fully saturated rings. The van der Waals surface area contributed by atoms with Crippen LogP contribution in [0.25, 0.3) is 0 Å². The summed E-state index contributed by atoms with van der Waals surface area (Å²) in [7, 11) is 0. The number of hydrogen-bond acceptors (Lipinski definition) is 2. The molecule has 1 saturated carbocycles. The topological polar surface area (TPSA) is 18.5 Å². The predicted octanol–water partition coefficient (Wildman–Crippen LogP) is 4.29. The highest BCUT2D eigenvalue weighted by Crippen LogP contribution is 2.48. The van der Waals surface area contributed by atoms with Gasteiger partial charge in [-0.05, 0) is 25.3 Å². The van der Waals surface area contributed by atoms with Crippen molar-refractivity contribution in [3.63, 3.8) is 0 Å². The number of rotatable bonds is 2. The van der Waals surface area contributed by atoms with Gasteiger partial charge in [-0.25, -0.2) is 0 Å². The minimum Gasteiger partial charge on any atom is -0.344 e. The maximum absolute atomic E-state index is 6.27. The molecule has 2 atom stereocenters. The molecule has 0 amide bonds. The second kappa shape index (κ2) is 4.84. The molecule has 1 aromatic carbocycles. The summed E-state index contributed by atoms with van der Waals surface area (Å²) < 4.78 is 12.4. The summed E-state index contributed by atoms with van der Waals surface area (Å²) in [5.41, 5.74) is 1.02. The Morgan fingerprint density at radius 2 is 1.94 bits per heavy atom. The number of benzene rings is 1. The van der Waals surface area contributed by atoms with Crippen molar-refractivity contribution in [1.82, 2.24) is 0 Å². The summed E-state index contributed by atoms with van der Waals surface area (Å²) >= 11 is 6.27. The predicted molar refractivity (Wildman–Crippen MR) is 71.3 cm³/mol. The van der Waals surface area contributed by atoms with Crippen LogP contribution in [0, 0.1) is 6.92 Å². The molecule has 97 valence electrons. The van der Waals surface area contributed by atoms with Gasteiger partial charge in [0.2, 0.25) is 0 Å². The normalized spacial score (nSPS) is 30.1. The summed E-state index contributed by atoms with van der Waals surface area (Å²) in [6, 6.07) is 7.85. The molecule has 2 aliphatic rings. The minimum atomic E-state index is -0.369. The van der Waals surface area contributed by atoms with Gasteiger partial charge in [0.05, 0.1) is 6.10 Å². The van der Waals surface area contributed by atoms with E-state index >= 15 is 0 Å². The van der Waals surface area contributed by atoms with E-state index in [0.29, 0.717) is 6.42 Å². The maximum Gasteiger partial charge on any atom is 0.169 e. The van der Waals surface area contributed by atoms with Gasteiger partial charge in [-0.3, -0.25) is 0 Å². The van der Waals surface area contributed by atoms with E-state index in [4.69, 9.17) is 21.1 Å². The molecule has 0 aromatic heterocycles. The van der Waals surface area contributed by atoms with Crippen LogP contribution in [0.2, 0.25) is 5.02 Å². The van der Waals surface area contributed by atoms with E-state index in [9.17, 15) is 0 Å². The summed E-state index contributed by atoms with van der Waals surface area (Å²) in [6.07, 6.45) is 4.99. The van der Waals surface area contributed by atoms with Crippen LogP contribution in [-0.2, 0) is 9.47 Å². The van der Waals surface area contributed by atoms with Crippen molar-refractivity contribution < 1.29 is 9.47 Å². The van der Waals surface area contributed by atoms with E-state index in [1.807, 2.05) is 24.3 Å². The Hall–Kier alpha value is -0.570. The molecule has 18 heavy (non-hydrogen) atoms. The fourth-order valence-electron chi connectivity index (χ4n) is 3.00. The molecule has 0 bridgehead atoms. The van der Waals surface area contributed by atoms with Crippen molar-refractivity contribution in [2.24, 2.45) is 0 Å². The molecule has 0 N–H and O–H groups in total.